The Labute approximate surface area is 404 Å². The van der Waals surface area contributed by atoms with Crippen molar-refractivity contribution in [3.63, 3.8) is 0 Å². The first kappa shape index (κ1) is 62.8. The Morgan fingerprint density at radius 1 is 0.462 bits per heavy atom. The van der Waals surface area contributed by atoms with E-state index in [1.807, 2.05) is 6.08 Å². The van der Waals surface area contributed by atoms with Crippen LogP contribution in [0.4, 0.5) is 0 Å². The predicted octanol–water partition coefficient (Wildman–Crippen LogP) is 17.4. The minimum absolute atomic E-state index is 0.00481. The van der Waals surface area contributed by atoms with Crippen molar-refractivity contribution in [2.45, 2.75) is 309 Å². The lowest BCUT2D eigenvalue weighted by atomic mass is 10.0. The zero-order valence-electron chi connectivity index (χ0n) is 43.4. The van der Waals surface area contributed by atoms with Crippen molar-refractivity contribution < 1.29 is 24.5 Å². The summed E-state index contributed by atoms with van der Waals surface area (Å²) in [6.07, 6.45) is 64.8. The second kappa shape index (κ2) is 52.8. The molecule has 0 aromatic heterocycles. The molecule has 0 aromatic rings. The predicted molar refractivity (Wildman–Crippen MR) is 282 cm³/mol. The van der Waals surface area contributed by atoms with E-state index < -0.39 is 18.2 Å². The Bertz CT molecular complexity index is 1110. The average Bonchev–Trinajstić information content (AvgIpc) is 3.30. The molecule has 3 unspecified atom stereocenters. The van der Waals surface area contributed by atoms with E-state index in [-0.39, 0.29) is 24.9 Å². The van der Waals surface area contributed by atoms with E-state index in [0.717, 1.165) is 57.8 Å². The molecule has 1 amide bonds. The van der Waals surface area contributed by atoms with Crippen LogP contribution >= 0.6 is 0 Å². The van der Waals surface area contributed by atoms with Crippen molar-refractivity contribution in [1.29, 1.82) is 0 Å². The smallest absolute Gasteiger partial charge is 0.306 e. The highest BCUT2D eigenvalue weighted by Gasteiger charge is 2.23. The Kier molecular flexibility index (Phi) is 51.0. The molecular formula is C59H109NO5. The number of carbonyl (C=O) groups is 2. The molecule has 0 spiro atoms. The molecule has 6 heteroatoms. The van der Waals surface area contributed by atoms with Gasteiger partial charge in [-0.25, -0.2) is 0 Å². The summed E-state index contributed by atoms with van der Waals surface area (Å²) in [5.74, 6) is -0.563. The minimum Gasteiger partial charge on any atom is -0.461 e. The fraction of sp³-hybridized carbons (Fsp3) is 0.831. The third-order valence-corrected chi connectivity index (χ3v) is 12.9. The summed E-state index contributed by atoms with van der Waals surface area (Å²) in [6, 6.07) is -0.729. The van der Waals surface area contributed by atoms with Crippen LogP contribution in [0.3, 0.4) is 0 Å². The molecule has 380 valence electrons. The van der Waals surface area contributed by atoms with Crippen LogP contribution < -0.4 is 5.32 Å². The molecule has 0 fully saturated rings. The van der Waals surface area contributed by atoms with E-state index in [9.17, 15) is 19.8 Å². The first-order chi connectivity index (χ1) is 32.0. The van der Waals surface area contributed by atoms with E-state index in [1.165, 1.54) is 186 Å². The van der Waals surface area contributed by atoms with E-state index >= 15 is 0 Å². The van der Waals surface area contributed by atoms with Crippen LogP contribution in [0.5, 0.6) is 0 Å². The first-order valence-electron chi connectivity index (χ1n) is 28.4. The lowest BCUT2D eigenvalue weighted by molar-refractivity contribution is -0.150. The van der Waals surface area contributed by atoms with E-state index in [1.54, 1.807) is 0 Å². The molecule has 0 aromatic carbocycles. The number of amides is 1. The van der Waals surface area contributed by atoms with Gasteiger partial charge in [0.05, 0.1) is 25.2 Å². The lowest BCUT2D eigenvalue weighted by Crippen LogP contribution is -2.46. The van der Waals surface area contributed by atoms with Crippen molar-refractivity contribution in [3.8, 4) is 0 Å². The second-order valence-electron chi connectivity index (χ2n) is 19.4. The average molecular weight is 913 g/mol. The number of nitrogens with one attached hydrogen (secondary N) is 1. The number of aliphatic hydroxyl groups excluding tert-OH is 2. The van der Waals surface area contributed by atoms with Crippen LogP contribution in [0.25, 0.3) is 0 Å². The van der Waals surface area contributed by atoms with Gasteiger partial charge in [0.2, 0.25) is 5.91 Å². The van der Waals surface area contributed by atoms with Crippen molar-refractivity contribution in [2.75, 3.05) is 6.61 Å². The maximum atomic E-state index is 13.2. The number of aliphatic hydroxyl groups is 2. The standard InChI is InChI=1S/C59H109NO5/c1-4-7-10-13-16-19-22-25-27-28-29-31-34-37-40-43-46-49-52-59(64)65-55(50-47-44-41-38-35-33-30-26-23-20-17-14-11-8-5-2)53-58(63)60-56(54-61)57(62)51-48-45-42-39-36-32-24-21-18-15-12-9-6-3/h17,20,26,30,35,38,44,47,55-57,61-62H,4-16,18-19,21-25,27-29,31-34,36-37,39-43,45-46,48-54H2,1-3H3,(H,60,63)/b20-17-,30-26-,38-35-,47-44-. The second-order valence-corrected chi connectivity index (χ2v) is 19.4. The van der Waals surface area contributed by atoms with Gasteiger partial charge in [0.15, 0.2) is 0 Å². The largest absolute Gasteiger partial charge is 0.461 e. The molecule has 0 bridgehead atoms. The summed E-state index contributed by atoms with van der Waals surface area (Å²) in [5.41, 5.74) is 0. The van der Waals surface area contributed by atoms with Crippen LogP contribution in [0.1, 0.15) is 290 Å². The van der Waals surface area contributed by atoms with Crippen LogP contribution in [0.2, 0.25) is 0 Å². The van der Waals surface area contributed by atoms with Gasteiger partial charge in [-0.15, -0.1) is 0 Å². The molecule has 6 nitrogen and oxygen atoms in total. The number of ether oxygens (including phenoxy) is 1. The number of allylic oxidation sites excluding steroid dienone is 7. The number of carbonyl (C=O) groups excluding carboxylic acids is 2. The van der Waals surface area contributed by atoms with Gasteiger partial charge in [0.1, 0.15) is 6.10 Å². The summed E-state index contributed by atoms with van der Waals surface area (Å²) in [4.78, 5) is 26.2. The van der Waals surface area contributed by atoms with Crippen molar-refractivity contribution in [1.82, 2.24) is 5.32 Å². The molecule has 3 atom stereocenters. The van der Waals surface area contributed by atoms with Crippen LogP contribution in [0.15, 0.2) is 48.6 Å². The number of esters is 1. The van der Waals surface area contributed by atoms with Crippen LogP contribution in [-0.2, 0) is 14.3 Å². The summed E-state index contributed by atoms with van der Waals surface area (Å²) in [5, 5.41) is 23.8. The summed E-state index contributed by atoms with van der Waals surface area (Å²) in [7, 11) is 0. The van der Waals surface area contributed by atoms with Gasteiger partial charge in [0.25, 0.3) is 0 Å². The molecule has 65 heavy (non-hydrogen) atoms. The highest BCUT2D eigenvalue weighted by Crippen LogP contribution is 2.17. The van der Waals surface area contributed by atoms with Gasteiger partial charge in [-0.05, 0) is 44.9 Å². The molecule has 0 heterocycles. The lowest BCUT2D eigenvalue weighted by Gasteiger charge is -2.24. The SMILES string of the molecule is CCCCC/C=C\C/C=C\C/C=C\C/C=C\CC(CC(=O)NC(CO)C(O)CCCCCCCCCCCCCCC)OC(=O)CCCCCCCCCCCCCCCCCCCC. The summed E-state index contributed by atoms with van der Waals surface area (Å²) < 4.78 is 5.89. The number of rotatable bonds is 51. The first-order valence-corrected chi connectivity index (χ1v) is 28.4. The molecule has 3 N–H and O–H groups in total. The van der Waals surface area contributed by atoms with Gasteiger partial charge in [0, 0.05) is 12.8 Å². The summed E-state index contributed by atoms with van der Waals surface area (Å²) >= 11 is 0. The van der Waals surface area contributed by atoms with Crippen LogP contribution in [-0.4, -0.2) is 46.9 Å². The van der Waals surface area contributed by atoms with Crippen LogP contribution in [0, 0.1) is 0 Å². The molecular weight excluding hydrogens is 803 g/mol. The zero-order chi connectivity index (χ0) is 47.4. The molecule has 0 radical (unpaired) electrons. The van der Waals surface area contributed by atoms with Gasteiger partial charge < -0.3 is 20.3 Å². The number of unbranched alkanes of at least 4 members (excludes halogenated alkanes) is 32. The monoisotopic (exact) mass is 912 g/mol. The van der Waals surface area contributed by atoms with E-state index in [4.69, 9.17) is 4.74 Å². The Morgan fingerprint density at radius 2 is 0.815 bits per heavy atom. The van der Waals surface area contributed by atoms with Gasteiger partial charge >= 0.3 is 5.97 Å². The highest BCUT2D eigenvalue weighted by atomic mass is 16.5. The van der Waals surface area contributed by atoms with Gasteiger partial charge in [-0.3, -0.25) is 9.59 Å². The molecule has 0 aliphatic heterocycles. The molecule has 0 aliphatic carbocycles. The Morgan fingerprint density at radius 3 is 1.23 bits per heavy atom. The fourth-order valence-electron chi connectivity index (χ4n) is 8.59. The third kappa shape index (κ3) is 48.1. The molecule has 0 saturated heterocycles. The van der Waals surface area contributed by atoms with Gasteiger partial charge in [-0.1, -0.05) is 275 Å². The van der Waals surface area contributed by atoms with Gasteiger partial charge in [-0.2, -0.15) is 0 Å². The fourth-order valence-corrected chi connectivity index (χ4v) is 8.59. The normalized spacial score (nSPS) is 13.5. The number of hydrogen-bond acceptors (Lipinski definition) is 5. The molecule has 0 rings (SSSR count). The van der Waals surface area contributed by atoms with Crippen molar-refractivity contribution >= 4 is 11.9 Å². The Hall–Kier alpha value is -2.18. The Balaban J connectivity index is 4.63. The van der Waals surface area contributed by atoms with E-state index in [2.05, 4.69) is 68.6 Å². The quantitative estimate of drug-likeness (QED) is 0.0321. The van der Waals surface area contributed by atoms with E-state index in [0.29, 0.717) is 19.3 Å². The zero-order valence-corrected chi connectivity index (χ0v) is 43.4. The third-order valence-electron chi connectivity index (χ3n) is 12.9. The topological polar surface area (TPSA) is 95.9 Å². The number of hydrogen-bond donors (Lipinski definition) is 3. The highest BCUT2D eigenvalue weighted by molar-refractivity contribution is 5.77. The minimum atomic E-state index is -0.810. The van der Waals surface area contributed by atoms with Crippen molar-refractivity contribution in [3.05, 3.63) is 48.6 Å². The maximum absolute atomic E-state index is 13.2. The molecule has 0 saturated carbocycles. The molecule has 0 aliphatic rings. The van der Waals surface area contributed by atoms with Crippen molar-refractivity contribution in [2.24, 2.45) is 0 Å². The summed E-state index contributed by atoms with van der Waals surface area (Å²) in [6.45, 7) is 6.45. The maximum Gasteiger partial charge on any atom is 0.306 e.